The van der Waals surface area contributed by atoms with E-state index in [9.17, 15) is 0 Å². The maximum Gasteiger partial charge on any atom is 0.134 e. The molecular formula is C16H19NO3. The maximum atomic E-state index is 5.93. The fourth-order valence-corrected chi connectivity index (χ4v) is 1.93. The van der Waals surface area contributed by atoms with Crippen LogP contribution in [0.2, 0.25) is 0 Å². The van der Waals surface area contributed by atoms with E-state index in [0.29, 0.717) is 23.8 Å². The molecule has 2 rings (SSSR count). The number of ether oxygens (including phenoxy) is 3. The van der Waals surface area contributed by atoms with Crippen LogP contribution in [-0.4, -0.2) is 20.8 Å². The number of hydrogen-bond donors (Lipinski definition) is 1. The van der Waals surface area contributed by atoms with Gasteiger partial charge >= 0.3 is 0 Å². The van der Waals surface area contributed by atoms with Crippen LogP contribution in [0, 0.1) is 0 Å². The van der Waals surface area contributed by atoms with E-state index in [0.717, 1.165) is 17.7 Å². The Morgan fingerprint density at radius 1 is 0.900 bits per heavy atom. The fourth-order valence-electron chi connectivity index (χ4n) is 1.93. The summed E-state index contributed by atoms with van der Waals surface area (Å²) >= 11 is 0. The first kappa shape index (κ1) is 14.2. The molecule has 4 nitrogen and oxygen atoms in total. The van der Waals surface area contributed by atoms with Crippen molar-refractivity contribution >= 4 is 0 Å². The molecule has 0 radical (unpaired) electrons. The highest BCUT2D eigenvalue weighted by molar-refractivity contribution is 5.45. The Bertz CT molecular complexity index is 547. The van der Waals surface area contributed by atoms with Gasteiger partial charge in [0.15, 0.2) is 0 Å². The number of methoxy groups -OCH3 is 2. The second-order valence-corrected chi connectivity index (χ2v) is 4.30. The molecule has 0 bridgehead atoms. The first-order chi connectivity index (χ1) is 9.76. The molecule has 2 aromatic rings. The lowest BCUT2D eigenvalue weighted by atomic mass is 10.1. The zero-order valence-corrected chi connectivity index (χ0v) is 11.8. The molecule has 4 heteroatoms. The molecule has 0 saturated carbocycles. The highest BCUT2D eigenvalue weighted by Gasteiger charge is 2.07. The third-order valence-electron chi connectivity index (χ3n) is 2.94. The van der Waals surface area contributed by atoms with Crippen LogP contribution in [0.1, 0.15) is 5.56 Å². The average molecular weight is 273 g/mol. The summed E-state index contributed by atoms with van der Waals surface area (Å²) in [7, 11) is 3.22. The third kappa shape index (κ3) is 3.42. The van der Waals surface area contributed by atoms with Crippen LogP contribution in [-0.2, 0) is 6.42 Å². The summed E-state index contributed by atoms with van der Waals surface area (Å²) in [4.78, 5) is 0. The number of nitrogens with two attached hydrogens (primary N) is 1. The fraction of sp³-hybridized carbons (Fsp3) is 0.250. The van der Waals surface area contributed by atoms with Crippen molar-refractivity contribution in [2.45, 2.75) is 6.42 Å². The molecular weight excluding hydrogens is 254 g/mol. The van der Waals surface area contributed by atoms with Gasteiger partial charge in [0.1, 0.15) is 23.0 Å². The minimum Gasteiger partial charge on any atom is -0.496 e. The standard InChI is InChI=1S/C16H19NO3/c1-18-13-9-14(19-2)11-15(10-13)20-16-6-4-3-5-12(16)7-8-17/h3-6,9-11H,7-8,17H2,1-2H3. The molecule has 20 heavy (non-hydrogen) atoms. The van der Waals surface area contributed by atoms with Crippen LogP contribution >= 0.6 is 0 Å². The lowest BCUT2D eigenvalue weighted by molar-refractivity contribution is 0.386. The number of rotatable bonds is 6. The summed E-state index contributed by atoms with van der Waals surface area (Å²) in [5.74, 6) is 2.85. The molecule has 0 amide bonds. The summed E-state index contributed by atoms with van der Waals surface area (Å²) < 4.78 is 16.4. The molecule has 2 N–H and O–H groups in total. The van der Waals surface area contributed by atoms with Crippen molar-refractivity contribution in [1.29, 1.82) is 0 Å². The van der Waals surface area contributed by atoms with Gasteiger partial charge in [0, 0.05) is 18.2 Å². The predicted octanol–water partition coefficient (Wildman–Crippen LogP) is 3.00. The van der Waals surface area contributed by atoms with E-state index in [1.807, 2.05) is 36.4 Å². The Morgan fingerprint density at radius 2 is 1.50 bits per heavy atom. The zero-order chi connectivity index (χ0) is 14.4. The van der Waals surface area contributed by atoms with Crippen molar-refractivity contribution in [3.05, 3.63) is 48.0 Å². The SMILES string of the molecule is COc1cc(OC)cc(Oc2ccccc2CCN)c1. The largest absolute Gasteiger partial charge is 0.496 e. The second-order valence-electron chi connectivity index (χ2n) is 4.30. The summed E-state index contributed by atoms with van der Waals surface area (Å²) in [6.07, 6.45) is 0.775. The molecule has 0 saturated heterocycles. The molecule has 0 atom stereocenters. The van der Waals surface area contributed by atoms with Crippen LogP contribution in [0.25, 0.3) is 0 Å². The molecule has 0 aliphatic rings. The van der Waals surface area contributed by atoms with E-state index in [4.69, 9.17) is 19.9 Å². The normalized spacial score (nSPS) is 10.2. The van der Waals surface area contributed by atoms with Crippen LogP contribution in [0.5, 0.6) is 23.0 Å². The predicted molar refractivity (Wildman–Crippen MR) is 78.8 cm³/mol. The van der Waals surface area contributed by atoms with Gasteiger partial charge in [-0.3, -0.25) is 0 Å². The van der Waals surface area contributed by atoms with E-state index >= 15 is 0 Å². The third-order valence-corrected chi connectivity index (χ3v) is 2.94. The number of para-hydroxylation sites is 1. The first-order valence-electron chi connectivity index (χ1n) is 6.45. The van der Waals surface area contributed by atoms with Gasteiger partial charge in [-0.15, -0.1) is 0 Å². The maximum absolute atomic E-state index is 5.93. The number of benzene rings is 2. The van der Waals surface area contributed by atoms with Crippen LogP contribution in [0.3, 0.4) is 0 Å². The second kappa shape index (κ2) is 6.82. The van der Waals surface area contributed by atoms with E-state index in [1.165, 1.54) is 0 Å². The van der Waals surface area contributed by atoms with Crippen LogP contribution < -0.4 is 19.9 Å². The molecule has 2 aromatic carbocycles. The van der Waals surface area contributed by atoms with Gasteiger partial charge < -0.3 is 19.9 Å². The van der Waals surface area contributed by atoms with Gasteiger partial charge in [-0.25, -0.2) is 0 Å². The monoisotopic (exact) mass is 273 g/mol. The Kier molecular flexibility index (Phi) is 4.85. The van der Waals surface area contributed by atoms with Crippen molar-refractivity contribution in [1.82, 2.24) is 0 Å². The lowest BCUT2D eigenvalue weighted by Crippen LogP contribution is -2.04. The van der Waals surface area contributed by atoms with E-state index in [-0.39, 0.29) is 0 Å². The van der Waals surface area contributed by atoms with Gasteiger partial charge in [-0.1, -0.05) is 18.2 Å². The molecule has 106 valence electrons. The topological polar surface area (TPSA) is 53.7 Å². The minimum atomic E-state index is 0.585. The van der Waals surface area contributed by atoms with E-state index in [1.54, 1.807) is 20.3 Å². The molecule has 0 aliphatic heterocycles. The van der Waals surface area contributed by atoms with Crippen molar-refractivity contribution in [3.8, 4) is 23.0 Å². The van der Waals surface area contributed by atoms with Gasteiger partial charge in [0.05, 0.1) is 14.2 Å². The van der Waals surface area contributed by atoms with Crippen molar-refractivity contribution in [2.75, 3.05) is 20.8 Å². The Labute approximate surface area is 119 Å². The van der Waals surface area contributed by atoms with E-state index in [2.05, 4.69) is 0 Å². The Balaban J connectivity index is 2.29. The molecule has 0 aliphatic carbocycles. The molecule has 0 heterocycles. The summed E-state index contributed by atoms with van der Waals surface area (Å²) in [6.45, 7) is 0.585. The molecule has 0 unspecified atom stereocenters. The van der Waals surface area contributed by atoms with Crippen molar-refractivity contribution in [3.63, 3.8) is 0 Å². The van der Waals surface area contributed by atoms with E-state index < -0.39 is 0 Å². The van der Waals surface area contributed by atoms with Gasteiger partial charge in [0.25, 0.3) is 0 Å². The molecule has 0 spiro atoms. The Morgan fingerprint density at radius 3 is 2.10 bits per heavy atom. The highest BCUT2D eigenvalue weighted by atomic mass is 16.5. The summed E-state index contributed by atoms with van der Waals surface area (Å²) in [6, 6.07) is 13.3. The number of hydrogen-bond acceptors (Lipinski definition) is 4. The zero-order valence-electron chi connectivity index (χ0n) is 11.8. The summed E-state index contributed by atoms with van der Waals surface area (Å²) in [5.41, 5.74) is 6.70. The van der Waals surface area contributed by atoms with Crippen LogP contribution in [0.15, 0.2) is 42.5 Å². The highest BCUT2D eigenvalue weighted by Crippen LogP contribution is 2.32. The summed E-state index contributed by atoms with van der Waals surface area (Å²) in [5, 5.41) is 0. The Hall–Kier alpha value is -2.20. The van der Waals surface area contributed by atoms with Gasteiger partial charge in [0.2, 0.25) is 0 Å². The van der Waals surface area contributed by atoms with Gasteiger partial charge in [-0.2, -0.15) is 0 Å². The lowest BCUT2D eigenvalue weighted by Gasteiger charge is -2.12. The smallest absolute Gasteiger partial charge is 0.134 e. The van der Waals surface area contributed by atoms with Crippen LogP contribution in [0.4, 0.5) is 0 Å². The minimum absolute atomic E-state index is 0.585. The van der Waals surface area contributed by atoms with Crippen molar-refractivity contribution in [2.24, 2.45) is 5.73 Å². The first-order valence-corrected chi connectivity index (χ1v) is 6.45. The average Bonchev–Trinajstić information content (AvgIpc) is 2.49. The molecule has 0 aromatic heterocycles. The van der Waals surface area contributed by atoms with Crippen molar-refractivity contribution < 1.29 is 14.2 Å². The molecule has 0 fully saturated rings. The van der Waals surface area contributed by atoms with Gasteiger partial charge in [-0.05, 0) is 24.6 Å². The quantitative estimate of drug-likeness (QED) is 0.879.